The number of primary sulfonamides is 1. The van der Waals surface area contributed by atoms with Crippen molar-refractivity contribution in [2.24, 2.45) is 5.14 Å². The Labute approximate surface area is 141 Å². The molecule has 1 fully saturated rings. The molecule has 0 unspecified atom stereocenters. The Hall–Kier alpha value is -2.22. The van der Waals surface area contributed by atoms with Crippen molar-refractivity contribution in [2.75, 3.05) is 26.2 Å². The fourth-order valence-corrected chi connectivity index (χ4v) is 3.62. The van der Waals surface area contributed by atoms with Crippen LogP contribution in [-0.4, -0.2) is 45.4 Å². The zero-order valence-corrected chi connectivity index (χ0v) is 13.9. The Kier molecular flexibility index (Phi) is 4.66. The van der Waals surface area contributed by atoms with E-state index in [1.54, 1.807) is 17.0 Å². The number of amides is 1. The van der Waals surface area contributed by atoms with E-state index in [-0.39, 0.29) is 16.4 Å². The minimum atomic E-state index is -4.01. The van der Waals surface area contributed by atoms with Crippen molar-refractivity contribution >= 4 is 15.9 Å². The third kappa shape index (κ3) is 3.33. The SMILES string of the molecule is NS(=O)(=O)c1cccc(-c2ccccc2)c1C(=O)N1CCNCC1. The number of hydrogen-bond acceptors (Lipinski definition) is 4. The normalized spacial score (nSPS) is 15.3. The molecule has 0 spiro atoms. The molecule has 0 bridgehead atoms. The van der Waals surface area contributed by atoms with Gasteiger partial charge in [0.25, 0.3) is 5.91 Å². The van der Waals surface area contributed by atoms with Gasteiger partial charge in [-0.25, -0.2) is 13.6 Å². The van der Waals surface area contributed by atoms with Crippen LogP contribution in [-0.2, 0) is 10.0 Å². The number of nitrogens with two attached hydrogens (primary N) is 1. The molecule has 2 aromatic carbocycles. The van der Waals surface area contributed by atoms with E-state index in [4.69, 9.17) is 5.14 Å². The van der Waals surface area contributed by atoms with Gasteiger partial charge in [-0.1, -0.05) is 42.5 Å². The second kappa shape index (κ2) is 6.72. The third-order valence-corrected chi connectivity index (χ3v) is 4.99. The molecule has 1 aliphatic rings. The summed E-state index contributed by atoms with van der Waals surface area (Å²) < 4.78 is 24.0. The lowest BCUT2D eigenvalue weighted by molar-refractivity contribution is 0.0732. The number of carbonyl (C=O) groups excluding carboxylic acids is 1. The van der Waals surface area contributed by atoms with E-state index in [9.17, 15) is 13.2 Å². The molecule has 0 saturated carbocycles. The highest BCUT2D eigenvalue weighted by atomic mass is 32.2. The zero-order chi connectivity index (χ0) is 17.2. The first-order chi connectivity index (χ1) is 11.5. The van der Waals surface area contributed by atoms with E-state index in [1.807, 2.05) is 30.3 Å². The Morgan fingerprint density at radius 1 is 1.00 bits per heavy atom. The topological polar surface area (TPSA) is 92.5 Å². The molecule has 1 aliphatic heterocycles. The number of piperazine rings is 1. The van der Waals surface area contributed by atoms with E-state index in [0.717, 1.165) is 5.56 Å². The second-order valence-electron chi connectivity index (χ2n) is 5.63. The monoisotopic (exact) mass is 345 g/mol. The summed E-state index contributed by atoms with van der Waals surface area (Å²) in [5.74, 6) is -0.306. The molecule has 0 radical (unpaired) electrons. The van der Waals surface area contributed by atoms with Crippen LogP contribution in [0.2, 0.25) is 0 Å². The van der Waals surface area contributed by atoms with Crippen LogP contribution in [0.15, 0.2) is 53.4 Å². The van der Waals surface area contributed by atoms with Gasteiger partial charge in [0.05, 0.1) is 10.5 Å². The molecule has 3 rings (SSSR count). The Morgan fingerprint density at radius 3 is 2.29 bits per heavy atom. The number of hydrogen-bond donors (Lipinski definition) is 2. The standard InChI is InChI=1S/C17H19N3O3S/c18-24(22,23)15-8-4-7-14(13-5-2-1-3-6-13)16(15)17(21)20-11-9-19-10-12-20/h1-8,19H,9-12H2,(H2,18,22,23). The Balaban J connectivity index is 2.18. The molecule has 0 atom stereocenters. The molecule has 1 saturated heterocycles. The highest BCUT2D eigenvalue weighted by molar-refractivity contribution is 7.89. The molecule has 0 aromatic heterocycles. The molecule has 3 N–H and O–H groups in total. The van der Waals surface area contributed by atoms with E-state index < -0.39 is 10.0 Å². The van der Waals surface area contributed by atoms with Crippen LogP contribution in [0.4, 0.5) is 0 Å². The van der Waals surface area contributed by atoms with Gasteiger partial charge in [-0.3, -0.25) is 4.79 Å². The second-order valence-corrected chi connectivity index (χ2v) is 7.16. The largest absolute Gasteiger partial charge is 0.336 e. The maximum atomic E-state index is 13.0. The quantitative estimate of drug-likeness (QED) is 0.869. The summed E-state index contributed by atoms with van der Waals surface area (Å²) in [4.78, 5) is 14.6. The fourth-order valence-electron chi connectivity index (χ4n) is 2.87. The summed E-state index contributed by atoms with van der Waals surface area (Å²) in [5.41, 5.74) is 1.50. The summed E-state index contributed by atoms with van der Waals surface area (Å²) in [6.07, 6.45) is 0. The van der Waals surface area contributed by atoms with Gasteiger partial charge in [0.2, 0.25) is 10.0 Å². The summed E-state index contributed by atoms with van der Waals surface area (Å²) in [6.45, 7) is 2.44. The van der Waals surface area contributed by atoms with E-state index in [2.05, 4.69) is 5.32 Å². The van der Waals surface area contributed by atoms with Crippen molar-refractivity contribution in [3.63, 3.8) is 0 Å². The maximum absolute atomic E-state index is 13.0. The van der Waals surface area contributed by atoms with Gasteiger partial charge < -0.3 is 10.2 Å². The first-order valence-electron chi connectivity index (χ1n) is 7.70. The molecule has 6 nitrogen and oxygen atoms in total. The molecule has 126 valence electrons. The molecular weight excluding hydrogens is 326 g/mol. The lowest BCUT2D eigenvalue weighted by atomic mass is 9.98. The van der Waals surface area contributed by atoms with Crippen molar-refractivity contribution in [3.05, 3.63) is 54.1 Å². The van der Waals surface area contributed by atoms with Crippen LogP contribution in [0.3, 0.4) is 0 Å². The van der Waals surface area contributed by atoms with Gasteiger partial charge >= 0.3 is 0 Å². The molecule has 2 aromatic rings. The van der Waals surface area contributed by atoms with Crippen LogP contribution < -0.4 is 10.5 Å². The molecule has 0 aliphatic carbocycles. The van der Waals surface area contributed by atoms with Gasteiger partial charge in [-0.2, -0.15) is 0 Å². The molecule has 24 heavy (non-hydrogen) atoms. The highest BCUT2D eigenvalue weighted by Crippen LogP contribution is 2.29. The average molecular weight is 345 g/mol. The maximum Gasteiger partial charge on any atom is 0.255 e. The van der Waals surface area contributed by atoms with Gasteiger partial charge in [0.1, 0.15) is 0 Å². The van der Waals surface area contributed by atoms with Crippen molar-refractivity contribution < 1.29 is 13.2 Å². The number of sulfonamides is 1. The highest BCUT2D eigenvalue weighted by Gasteiger charge is 2.27. The number of nitrogens with one attached hydrogen (secondary N) is 1. The number of nitrogens with zero attached hydrogens (tertiary/aromatic N) is 1. The fraction of sp³-hybridized carbons (Fsp3) is 0.235. The van der Waals surface area contributed by atoms with Crippen LogP contribution in [0.1, 0.15) is 10.4 Å². The first-order valence-corrected chi connectivity index (χ1v) is 9.24. The summed E-state index contributed by atoms with van der Waals surface area (Å²) in [5, 5.41) is 8.54. The minimum absolute atomic E-state index is 0.132. The van der Waals surface area contributed by atoms with Gasteiger partial charge in [-0.05, 0) is 17.2 Å². The van der Waals surface area contributed by atoms with Gasteiger partial charge in [-0.15, -0.1) is 0 Å². The zero-order valence-electron chi connectivity index (χ0n) is 13.1. The third-order valence-electron chi connectivity index (χ3n) is 4.04. The number of benzene rings is 2. The average Bonchev–Trinajstić information content (AvgIpc) is 2.61. The van der Waals surface area contributed by atoms with Crippen molar-refractivity contribution in [3.8, 4) is 11.1 Å². The molecule has 1 amide bonds. The summed E-state index contributed by atoms with van der Waals surface area (Å²) in [7, 11) is -4.01. The minimum Gasteiger partial charge on any atom is -0.336 e. The lowest BCUT2D eigenvalue weighted by Crippen LogP contribution is -2.46. The van der Waals surface area contributed by atoms with Crippen molar-refractivity contribution in [1.82, 2.24) is 10.2 Å². The van der Waals surface area contributed by atoms with Gasteiger partial charge in [0.15, 0.2) is 0 Å². The van der Waals surface area contributed by atoms with Gasteiger partial charge in [0, 0.05) is 26.2 Å². The van der Waals surface area contributed by atoms with Crippen molar-refractivity contribution in [1.29, 1.82) is 0 Å². The smallest absolute Gasteiger partial charge is 0.255 e. The van der Waals surface area contributed by atoms with E-state index in [0.29, 0.717) is 31.7 Å². The predicted molar refractivity (Wildman–Crippen MR) is 92.0 cm³/mol. The van der Waals surface area contributed by atoms with Crippen LogP contribution in [0, 0.1) is 0 Å². The molecule has 1 heterocycles. The van der Waals surface area contributed by atoms with E-state index >= 15 is 0 Å². The Morgan fingerprint density at radius 2 is 1.67 bits per heavy atom. The number of carbonyl (C=O) groups is 1. The van der Waals surface area contributed by atoms with Crippen LogP contribution in [0.5, 0.6) is 0 Å². The summed E-state index contributed by atoms with van der Waals surface area (Å²) in [6, 6.07) is 14.0. The molecule has 7 heteroatoms. The predicted octanol–water partition coefficient (Wildman–Crippen LogP) is 1.05. The molecular formula is C17H19N3O3S. The van der Waals surface area contributed by atoms with Crippen LogP contribution >= 0.6 is 0 Å². The number of rotatable bonds is 3. The lowest BCUT2D eigenvalue weighted by Gasteiger charge is -2.29. The first kappa shape index (κ1) is 16.6. The van der Waals surface area contributed by atoms with Crippen molar-refractivity contribution in [2.45, 2.75) is 4.90 Å². The Bertz CT molecular complexity index is 845. The van der Waals surface area contributed by atoms with Crippen LogP contribution in [0.25, 0.3) is 11.1 Å². The summed E-state index contributed by atoms with van der Waals surface area (Å²) >= 11 is 0. The van der Waals surface area contributed by atoms with E-state index in [1.165, 1.54) is 6.07 Å².